The van der Waals surface area contributed by atoms with E-state index >= 15 is 0 Å². The van der Waals surface area contributed by atoms with Gasteiger partial charge in [0.25, 0.3) is 0 Å². The zero-order valence-corrected chi connectivity index (χ0v) is 12.7. The highest BCUT2D eigenvalue weighted by Crippen LogP contribution is 2.33. The van der Waals surface area contributed by atoms with Crippen molar-refractivity contribution >= 4 is 22.2 Å². The van der Waals surface area contributed by atoms with E-state index in [9.17, 15) is 4.79 Å². The smallest absolute Gasteiger partial charge is 0.292 e. The lowest BCUT2D eigenvalue weighted by Crippen LogP contribution is -2.24. The number of benzene rings is 1. The monoisotopic (exact) mass is 296 g/mol. The summed E-state index contributed by atoms with van der Waals surface area (Å²) >= 11 is 1.63. The molecular formula is C17H16N2OS. The average Bonchev–Trinajstić information content (AvgIpc) is 3.12. The molecule has 21 heavy (non-hydrogen) atoms. The van der Waals surface area contributed by atoms with Gasteiger partial charge in [0.15, 0.2) is 0 Å². The molecule has 2 aromatic heterocycles. The van der Waals surface area contributed by atoms with Gasteiger partial charge in [-0.15, -0.1) is 11.3 Å². The third-order valence-corrected chi connectivity index (χ3v) is 4.91. The van der Waals surface area contributed by atoms with Gasteiger partial charge in [0.05, 0.1) is 16.1 Å². The van der Waals surface area contributed by atoms with Gasteiger partial charge in [-0.3, -0.25) is 4.57 Å². The Morgan fingerprint density at radius 2 is 2.19 bits per heavy atom. The van der Waals surface area contributed by atoms with E-state index in [0.717, 1.165) is 28.0 Å². The van der Waals surface area contributed by atoms with Crippen LogP contribution in [0.3, 0.4) is 0 Å². The zero-order chi connectivity index (χ0) is 14.4. The summed E-state index contributed by atoms with van der Waals surface area (Å²) < 4.78 is 1.86. The number of hydrogen-bond acceptors (Lipinski definition) is 3. The van der Waals surface area contributed by atoms with Crippen molar-refractivity contribution in [1.82, 2.24) is 9.55 Å². The summed E-state index contributed by atoms with van der Waals surface area (Å²) in [5.74, 6) is 0.654. The average molecular weight is 296 g/mol. The summed E-state index contributed by atoms with van der Waals surface area (Å²) in [4.78, 5) is 17.9. The Hall–Kier alpha value is -1.94. The molecule has 0 atom stereocenters. The molecule has 3 nitrogen and oxygen atoms in total. The maximum atomic E-state index is 12.5. The van der Waals surface area contributed by atoms with E-state index in [1.807, 2.05) is 22.1 Å². The summed E-state index contributed by atoms with van der Waals surface area (Å²) in [7, 11) is 0. The van der Waals surface area contributed by atoms with Gasteiger partial charge in [-0.25, -0.2) is 4.79 Å². The van der Waals surface area contributed by atoms with Crippen LogP contribution in [0.2, 0.25) is 0 Å². The Morgan fingerprint density at radius 1 is 1.33 bits per heavy atom. The Morgan fingerprint density at radius 3 is 2.90 bits per heavy atom. The predicted octanol–water partition coefficient (Wildman–Crippen LogP) is 3.84. The Balaban J connectivity index is 2.02. The molecule has 1 fully saturated rings. The fourth-order valence-corrected chi connectivity index (χ4v) is 3.45. The van der Waals surface area contributed by atoms with E-state index in [2.05, 4.69) is 30.1 Å². The summed E-state index contributed by atoms with van der Waals surface area (Å²) in [6.45, 7) is 2.87. The molecule has 1 aliphatic carbocycles. The summed E-state index contributed by atoms with van der Waals surface area (Å²) in [5, 5.41) is 3.09. The molecule has 0 unspecified atom stereocenters. The first-order valence-corrected chi connectivity index (χ1v) is 8.15. The number of aryl methyl sites for hydroxylation is 1. The molecule has 4 heteroatoms. The van der Waals surface area contributed by atoms with Gasteiger partial charge in [0, 0.05) is 11.9 Å². The van der Waals surface area contributed by atoms with Crippen LogP contribution in [0, 0.1) is 12.8 Å². The molecule has 0 amide bonds. The minimum absolute atomic E-state index is 0.122. The maximum Gasteiger partial charge on any atom is 0.348 e. The molecular weight excluding hydrogens is 280 g/mol. The van der Waals surface area contributed by atoms with Crippen LogP contribution in [0.4, 0.5) is 0 Å². The summed E-state index contributed by atoms with van der Waals surface area (Å²) in [6, 6.07) is 10.3. The van der Waals surface area contributed by atoms with E-state index in [0.29, 0.717) is 5.92 Å². The Kier molecular flexibility index (Phi) is 2.93. The lowest BCUT2D eigenvalue weighted by Gasteiger charge is -2.12. The lowest BCUT2D eigenvalue weighted by atomic mass is 10.1. The van der Waals surface area contributed by atoms with Crippen molar-refractivity contribution in [2.45, 2.75) is 26.3 Å². The quantitative estimate of drug-likeness (QED) is 0.736. The molecule has 0 saturated heterocycles. The van der Waals surface area contributed by atoms with Crippen LogP contribution in [-0.4, -0.2) is 9.55 Å². The second-order valence-corrected chi connectivity index (χ2v) is 6.74. The van der Waals surface area contributed by atoms with E-state index in [-0.39, 0.29) is 5.69 Å². The van der Waals surface area contributed by atoms with Crippen LogP contribution in [-0.2, 0) is 6.54 Å². The molecule has 2 heterocycles. The number of fused-ring (bicyclic) bond motifs is 1. The van der Waals surface area contributed by atoms with Gasteiger partial charge >= 0.3 is 5.69 Å². The van der Waals surface area contributed by atoms with Crippen molar-refractivity contribution in [3.05, 3.63) is 51.8 Å². The SMILES string of the molecule is Cc1ccc2c(-c3cccs3)nc(=O)n(CC3CC3)c2c1. The van der Waals surface area contributed by atoms with Gasteiger partial charge in [-0.05, 0) is 48.8 Å². The van der Waals surface area contributed by atoms with Gasteiger partial charge < -0.3 is 0 Å². The van der Waals surface area contributed by atoms with Crippen molar-refractivity contribution < 1.29 is 0 Å². The molecule has 1 aliphatic rings. The van der Waals surface area contributed by atoms with Crippen molar-refractivity contribution in [3.63, 3.8) is 0 Å². The Labute approximate surface area is 126 Å². The number of nitrogens with zero attached hydrogens (tertiary/aromatic N) is 2. The van der Waals surface area contributed by atoms with Crippen LogP contribution in [0.25, 0.3) is 21.5 Å². The van der Waals surface area contributed by atoms with Crippen molar-refractivity contribution in [3.8, 4) is 10.6 Å². The number of aromatic nitrogens is 2. The maximum absolute atomic E-state index is 12.5. The standard InChI is InChI=1S/C17H16N2OS/c1-11-4-7-13-14(9-11)19(10-12-5-6-12)17(20)18-16(13)15-3-2-8-21-15/h2-4,7-9,12H,5-6,10H2,1H3. The fraction of sp³-hybridized carbons (Fsp3) is 0.294. The first-order chi connectivity index (χ1) is 10.2. The number of thiophene rings is 1. The van der Waals surface area contributed by atoms with Crippen molar-refractivity contribution in [2.24, 2.45) is 5.92 Å². The molecule has 0 aliphatic heterocycles. The second kappa shape index (κ2) is 4.81. The number of rotatable bonds is 3. The zero-order valence-electron chi connectivity index (χ0n) is 11.9. The van der Waals surface area contributed by atoms with Crippen LogP contribution >= 0.6 is 11.3 Å². The highest BCUT2D eigenvalue weighted by atomic mass is 32.1. The number of hydrogen-bond donors (Lipinski definition) is 0. The van der Waals surface area contributed by atoms with E-state index in [4.69, 9.17) is 0 Å². The Bertz CT molecular complexity index is 860. The molecule has 3 aromatic rings. The second-order valence-electron chi connectivity index (χ2n) is 5.79. The summed E-state index contributed by atoms with van der Waals surface area (Å²) in [6.07, 6.45) is 2.46. The topological polar surface area (TPSA) is 34.9 Å². The molecule has 0 N–H and O–H groups in total. The highest BCUT2D eigenvalue weighted by Gasteiger charge is 2.24. The summed E-state index contributed by atoms with van der Waals surface area (Å²) in [5.41, 5.74) is 2.89. The minimum atomic E-state index is -0.122. The minimum Gasteiger partial charge on any atom is -0.292 e. The molecule has 106 valence electrons. The molecule has 0 bridgehead atoms. The molecule has 4 rings (SSSR count). The predicted molar refractivity (Wildman–Crippen MR) is 86.8 cm³/mol. The highest BCUT2D eigenvalue weighted by molar-refractivity contribution is 7.13. The van der Waals surface area contributed by atoms with Crippen molar-refractivity contribution in [2.75, 3.05) is 0 Å². The van der Waals surface area contributed by atoms with Crippen LogP contribution in [0.5, 0.6) is 0 Å². The fourth-order valence-electron chi connectivity index (χ4n) is 2.72. The molecule has 1 aromatic carbocycles. The van der Waals surface area contributed by atoms with Gasteiger partial charge in [0.1, 0.15) is 0 Å². The van der Waals surface area contributed by atoms with Gasteiger partial charge in [-0.1, -0.05) is 18.2 Å². The van der Waals surface area contributed by atoms with Crippen molar-refractivity contribution in [1.29, 1.82) is 0 Å². The van der Waals surface area contributed by atoms with Gasteiger partial charge in [-0.2, -0.15) is 4.98 Å². The third kappa shape index (κ3) is 2.29. The largest absolute Gasteiger partial charge is 0.348 e. The first-order valence-electron chi connectivity index (χ1n) is 7.27. The third-order valence-electron chi connectivity index (χ3n) is 4.03. The van der Waals surface area contributed by atoms with E-state index in [1.165, 1.54) is 18.4 Å². The first kappa shape index (κ1) is 12.8. The molecule has 1 saturated carbocycles. The van der Waals surface area contributed by atoms with Crippen LogP contribution in [0.1, 0.15) is 18.4 Å². The normalized spacial score (nSPS) is 14.7. The van der Waals surface area contributed by atoms with Crippen LogP contribution in [0.15, 0.2) is 40.5 Å². The van der Waals surface area contributed by atoms with Crippen LogP contribution < -0.4 is 5.69 Å². The lowest BCUT2D eigenvalue weighted by molar-refractivity contribution is 0.614. The molecule has 0 radical (unpaired) electrons. The van der Waals surface area contributed by atoms with Gasteiger partial charge in [0.2, 0.25) is 0 Å². The van der Waals surface area contributed by atoms with E-state index < -0.39 is 0 Å². The molecule has 0 spiro atoms. The van der Waals surface area contributed by atoms with E-state index in [1.54, 1.807) is 11.3 Å².